The Morgan fingerprint density at radius 3 is 2.24 bits per heavy atom. The molecule has 0 aliphatic carbocycles. The van der Waals surface area contributed by atoms with Crippen molar-refractivity contribution in [3.8, 4) is 0 Å². The summed E-state index contributed by atoms with van der Waals surface area (Å²) in [7, 11) is -1.50. The number of hydrogen-bond acceptors (Lipinski definition) is 5. The van der Waals surface area contributed by atoms with E-state index in [-0.39, 0.29) is 13.2 Å². The monoisotopic (exact) mass is 414 g/mol. The molecule has 0 bridgehead atoms. The van der Waals surface area contributed by atoms with Crippen LogP contribution in [0.4, 0.5) is 0 Å². The number of hydrogen-bond donors (Lipinski definition) is 1. The molecule has 4 aromatic carbocycles. The molecule has 2 atom stereocenters. The van der Waals surface area contributed by atoms with Gasteiger partial charge in [-0.25, -0.2) is 4.57 Å². The summed E-state index contributed by atoms with van der Waals surface area (Å²) in [4.78, 5) is 9.54. The Bertz CT molecular complexity index is 1160. The zero-order chi connectivity index (χ0) is 20.4. The van der Waals surface area contributed by atoms with Crippen LogP contribution in [0.3, 0.4) is 0 Å². The van der Waals surface area contributed by atoms with E-state index in [1.165, 1.54) is 34.0 Å². The highest BCUT2D eigenvalue weighted by molar-refractivity contribution is 7.47. The Balaban J connectivity index is 1.59. The van der Waals surface area contributed by atoms with Crippen molar-refractivity contribution in [1.29, 1.82) is 0 Å². The number of phosphoric ester groups is 1. The minimum atomic E-state index is -4.11. The van der Waals surface area contributed by atoms with Crippen molar-refractivity contribution in [2.45, 2.75) is 12.7 Å². The predicted molar refractivity (Wildman–Crippen MR) is 113 cm³/mol. The lowest BCUT2D eigenvalue weighted by Crippen LogP contribution is -2.24. The minimum Gasteiger partial charge on any atom is -0.382 e. The van der Waals surface area contributed by atoms with E-state index in [0.717, 1.165) is 18.1 Å². The van der Waals surface area contributed by atoms with Crippen molar-refractivity contribution in [3.05, 3.63) is 60.2 Å². The molecule has 0 heterocycles. The number of rotatable bonds is 9. The van der Waals surface area contributed by atoms with Crippen LogP contribution >= 0.6 is 7.82 Å². The fourth-order valence-electron chi connectivity index (χ4n) is 3.75. The van der Waals surface area contributed by atoms with Gasteiger partial charge in [-0.1, -0.05) is 54.6 Å². The van der Waals surface area contributed by atoms with Crippen molar-refractivity contribution < 1.29 is 28.0 Å². The van der Waals surface area contributed by atoms with Crippen LogP contribution in [0, 0.1) is 0 Å². The van der Waals surface area contributed by atoms with Crippen LogP contribution in [0.15, 0.2) is 54.6 Å². The molecule has 7 heteroatoms. The first-order valence-electron chi connectivity index (χ1n) is 9.31. The second kappa shape index (κ2) is 8.36. The number of methoxy groups -OCH3 is 1. The zero-order valence-electron chi connectivity index (χ0n) is 16.3. The highest BCUT2D eigenvalue weighted by Gasteiger charge is 2.25. The van der Waals surface area contributed by atoms with E-state index in [4.69, 9.17) is 14.0 Å². The molecule has 1 N–H and O–H groups in total. The summed E-state index contributed by atoms with van der Waals surface area (Å²) < 4.78 is 32.1. The molecular weight excluding hydrogens is 391 g/mol. The average molecular weight is 414 g/mol. The minimum absolute atomic E-state index is 0.101. The highest BCUT2D eigenvalue weighted by atomic mass is 31.2. The maximum absolute atomic E-state index is 11.7. The van der Waals surface area contributed by atoms with Gasteiger partial charge in [0, 0.05) is 14.2 Å². The summed E-state index contributed by atoms with van der Waals surface area (Å²) in [6.45, 7) is 0.566. The van der Waals surface area contributed by atoms with E-state index in [0.29, 0.717) is 6.61 Å². The molecule has 0 aliphatic rings. The molecule has 0 saturated heterocycles. The molecule has 0 fully saturated rings. The third-order valence-electron chi connectivity index (χ3n) is 5.05. The SMILES string of the molecule is COC[C@H](COCc1ccc2ccc3cccc4ccc1c2c34)OP(=O)(O)OC. The molecule has 0 amide bonds. The fourth-order valence-corrected chi connectivity index (χ4v) is 4.33. The number of phosphoric acid groups is 1. The van der Waals surface area contributed by atoms with Crippen molar-refractivity contribution >= 4 is 40.1 Å². The van der Waals surface area contributed by atoms with Gasteiger partial charge in [-0.3, -0.25) is 9.05 Å². The number of benzene rings is 4. The third-order valence-corrected chi connectivity index (χ3v) is 6.07. The Labute approximate surface area is 168 Å². The second-order valence-corrected chi connectivity index (χ2v) is 8.44. The maximum Gasteiger partial charge on any atom is 0.472 e. The van der Waals surface area contributed by atoms with Crippen molar-refractivity contribution in [1.82, 2.24) is 0 Å². The fraction of sp³-hybridized carbons (Fsp3) is 0.273. The average Bonchev–Trinajstić information content (AvgIpc) is 2.72. The van der Waals surface area contributed by atoms with Gasteiger partial charge >= 0.3 is 7.82 Å². The lowest BCUT2D eigenvalue weighted by atomic mass is 9.92. The topological polar surface area (TPSA) is 74.2 Å². The van der Waals surface area contributed by atoms with Gasteiger partial charge in [0.25, 0.3) is 0 Å². The van der Waals surface area contributed by atoms with Gasteiger partial charge in [-0.05, 0) is 37.9 Å². The van der Waals surface area contributed by atoms with E-state index >= 15 is 0 Å². The van der Waals surface area contributed by atoms with Gasteiger partial charge in [0.2, 0.25) is 0 Å². The predicted octanol–water partition coefficient (Wildman–Crippen LogP) is 4.88. The third kappa shape index (κ3) is 4.14. The molecule has 4 rings (SSSR count). The summed E-state index contributed by atoms with van der Waals surface area (Å²) in [6, 6.07) is 19.0. The van der Waals surface area contributed by atoms with Crippen molar-refractivity contribution in [3.63, 3.8) is 0 Å². The Morgan fingerprint density at radius 2 is 1.55 bits per heavy atom. The van der Waals surface area contributed by atoms with E-state index < -0.39 is 13.9 Å². The molecule has 4 aromatic rings. The van der Waals surface area contributed by atoms with Gasteiger partial charge in [0.05, 0.1) is 19.8 Å². The standard InChI is InChI=1S/C22H23O6P/c1-25-13-19(28-29(23,24)26-2)14-27-12-18-9-8-17-7-6-15-4-3-5-16-10-11-20(18)22(17)21(15)16/h3-11,19H,12-14H2,1-2H3,(H,23,24)/t19-/m1/s1. The highest BCUT2D eigenvalue weighted by Crippen LogP contribution is 2.43. The van der Waals surface area contributed by atoms with E-state index in [9.17, 15) is 9.46 Å². The molecule has 29 heavy (non-hydrogen) atoms. The van der Waals surface area contributed by atoms with E-state index in [2.05, 4.69) is 59.1 Å². The molecule has 0 radical (unpaired) electrons. The van der Waals surface area contributed by atoms with E-state index in [1.54, 1.807) is 0 Å². The number of ether oxygens (including phenoxy) is 2. The van der Waals surface area contributed by atoms with Gasteiger partial charge < -0.3 is 14.4 Å². The van der Waals surface area contributed by atoms with Crippen LogP contribution in [-0.2, 0) is 29.7 Å². The Hall–Kier alpha value is -2.05. The van der Waals surface area contributed by atoms with Crippen molar-refractivity contribution in [2.75, 3.05) is 27.4 Å². The van der Waals surface area contributed by atoms with Gasteiger partial charge in [-0.2, -0.15) is 0 Å². The molecule has 0 spiro atoms. The molecule has 6 nitrogen and oxygen atoms in total. The quantitative estimate of drug-likeness (QED) is 0.311. The summed E-state index contributed by atoms with van der Waals surface area (Å²) >= 11 is 0. The first kappa shape index (κ1) is 20.2. The lowest BCUT2D eigenvalue weighted by molar-refractivity contribution is -0.0133. The maximum atomic E-state index is 11.7. The smallest absolute Gasteiger partial charge is 0.382 e. The summed E-state index contributed by atoms with van der Waals surface area (Å²) in [6.07, 6.45) is -0.712. The van der Waals surface area contributed by atoms with Crippen LogP contribution in [0.5, 0.6) is 0 Å². The molecular formula is C22H23O6P. The summed E-state index contributed by atoms with van der Waals surface area (Å²) in [5, 5.41) is 7.24. The van der Waals surface area contributed by atoms with Crippen LogP contribution < -0.4 is 0 Å². The van der Waals surface area contributed by atoms with Gasteiger partial charge in [-0.15, -0.1) is 0 Å². The molecule has 0 saturated carbocycles. The molecule has 0 aromatic heterocycles. The van der Waals surface area contributed by atoms with Crippen LogP contribution in [0.1, 0.15) is 5.56 Å². The first-order valence-corrected chi connectivity index (χ1v) is 10.8. The van der Waals surface area contributed by atoms with Crippen LogP contribution in [0.25, 0.3) is 32.3 Å². The molecule has 0 aliphatic heterocycles. The van der Waals surface area contributed by atoms with E-state index in [1.807, 2.05) is 0 Å². The normalized spacial score (nSPS) is 15.3. The Kier molecular flexibility index (Phi) is 5.83. The van der Waals surface area contributed by atoms with Crippen LogP contribution in [0.2, 0.25) is 0 Å². The lowest BCUT2D eigenvalue weighted by Gasteiger charge is -2.19. The summed E-state index contributed by atoms with van der Waals surface area (Å²) in [5.74, 6) is 0. The van der Waals surface area contributed by atoms with Gasteiger partial charge in [0.15, 0.2) is 0 Å². The molecule has 1 unspecified atom stereocenters. The molecule has 152 valence electrons. The Morgan fingerprint density at radius 1 is 0.897 bits per heavy atom. The zero-order valence-corrected chi connectivity index (χ0v) is 17.2. The van der Waals surface area contributed by atoms with Crippen LogP contribution in [-0.4, -0.2) is 38.4 Å². The van der Waals surface area contributed by atoms with Gasteiger partial charge in [0.1, 0.15) is 6.10 Å². The summed E-state index contributed by atoms with van der Waals surface area (Å²) in [5.41, 5.74) is 1.05. The largest absolute Gasteiger partial charge is 0.472 e. The second-order valence-electron chi connectivity index (χ2n) is 6.93. The first-order chi connectivity index (χ1) is 14.0. The van der Waals surface area contributed by atoms with Crippen molar-refractivity contribution in [2.24, 2.45) is 0 Å².